The lowest BCUT2D eigenvalue weighted by Gasteiger charge is -2.05. The molecule has 2 heterocycles. The minimum atomic E-state index is -0.322. The van der Waals surface area contributed by atoms with Crippen molar-refractivity contribution in [3.05, 3.63) is 29.8 Å². The Morgan fingerprint density at radius 1 is 1.37 bits per heavy atom. The third-order valence-corrected chi connectivity index (χ3v) is 3.58. The summed E-state index contributed by atoms with van der Waals surface area (Å²) < 4.78 is 8.47. The van der Waals surface area contributed by atoms with Crippen molar-refractivity contribution in [2.24, 2.45) is 14.1 Å². The van der Waals surface area contributed by atoms with Gasteiger partial charge < -0.3 is 4.74 Å². The first-order valence-electron chi connectivity index (χ1n) is 5.91. The van der Waals surface area contributed by atoms with E-state index >= 15 is 0 Å². The number of ether oxygens (including phenoxy) is 1. The summed E-state index contributed by atoms with van der Waals surface area (Å²) in [6.07, 6.45) is 5.28. The SMILES string of the molecule is CCOC(=O)c1cnn(C)c1CSc1cnn(C)c1. The lowest BCUT2D eigenvalue weighted by molar-refractivity contribution is 0.0525. The van der Waals surface area contributed by atoms with E-state index in [0.29, 0.717) is 17.9 Å². The Kier molecular flexibility index (Phi) is 4.26. The summed E-state index contributed by atoms with van der Waals surface area (Å²) in [5.41, 5.74) is 1.38. The van der Waals surface area contributed by atoms with Gasteiger partial charge in [-0.3, -0.25) is 9.36 Å². The largest absolute Gasteiger partial charge is 0.462 e. The van der Waals surface area contributed by atoms with Crippen LogP contribution in [0.4, 0.5) is 0 Å². The van der Waals surface area contributed by atoms with E-state index < -0.39 is 0 Å². The molecule has 0 saturated carbocycles. The Morgan fingerprint density at radius 2 is 2.16 bits per heavy atom. The molecule has 0 atom stereocenters. The number of rotatable bonds is 5. The predicted octanol–water partition coefficient (Wildman–Crippen LogP) is 1.62. The second-order valence-corrected chi connectivity index (χ2v) is 5.04. The summed E-state index contributed by atoms with van der Waals surface area (Å²) >= 11 is 1.61. The molecule has 0 aliphatic carbocycles. The molecule has 2 rings (SSSR count). The van der Waals surface area contributed by atoms with Gasteiger partial charge in [-0.15, -0.1) is 11.8 Å². The monoisotopic (exact) mass is 280 g/mol. The number of esters is 1. The van der Waals surface area contributed by atoms with Crippen molar-refractivity contribution >= 4 is 17.7 Å². The van der Waals surface area contributed by atoms with Gasteiger partial charge in [0.05, 0.1) is 24.7 Å². The zero-order valence-electron chi connectivity index (χ0n) is 11.2. The lowest BCUT2D eigenvalue weighted by atomic mass is 10.3. The lowest BCUT2D eigenvalue weighted by Crippen LogP contribution is -2.08. The fraction of sp³-hybridized carbons (Fsp3) is 0.417. The molecule has 0 fully saturated rings. The summed E-state index contributed by atoms with van der Waals surface area (Å²) in [7, 11) is 3.69. The maximum absolute atomic E-state index is 11.8. The van der Waals surface area contributed by atoms with Crippen LogP contribution in [0.2, 0.25) is 0 Å². The van der Waals surface area contributed by atoms with Gasteiger partial charge in [0.1, 0.15) is 5.56 Å². The standard InChI is InChI=1S/C12H16N4O2S/c1-4-18-12(17)10-6-14-16(3)11(10)8-19-9-5-13-15(2)7-9/h5-7H,4,8H2,1-3H3. The van der Waals surface area contributed by atoms with E-state index in [0.717, 1.165) is 10.6 Å². The average Bonchev–Trinajstić information content (AvgIpc) is 2.94. The van der Waals surface area contributed by atoms with E-state index in [2.05, 4.69) is 10.2 Å². The number of hydrogen-bond acceptors (Lipinski definition) is 5. The molecule has 0 unspecified atom stereocenters. The van der Waals surface area contributed by atoms with Crippen LogP contribution in [0, 0.1) is 0 Å². The number of aromatic nitrogens is 4. The molecule has 0 radical (unpaired) electrons. The number of carbonyl (C=O) groups excluding carboxylic acids is 1. The second-order valence-electron chi connectivity index (χ2n) is 3.99. The molecule has 0 bridgehead atoms. The van der Waals surface area contributed by atoms with Gasteiger partial charge in [0.15, 0.2) is 0 Å². The Bertz CT molecular complexity index is 576. The van der Waals surface area contributed by atoms with E-state index in [9.17, 15) is 4.79 Å². The molecule has 0 N–H and O–H groups in total. The van der Waals surface area contributed by atoms with E-state index in [4.69, 9.17) is 4.74 Å². The van der Waals surface area contributed by atoms with Gasteiger partial charge >= 0.3 is 5.97 Å². The Labute approximate surface area is 115 Å². The zero-order valence-corrected chi connectivity index (χ0v) is 12.0. The van der Waals surface area contributed by atoms with Gasteiger partial charge in [0.2, 0.25) is 0 Å². The molecule has 0 amide bonds. The highest BCUT2D eigenvalue weighted by Crippen LogP contribution is 2.23. The highest BCUT2D eigenvalue weighted by atomic mass is 32.2. The maximum Gasteiger partial charge on any atom is 0.341 e. The molecular formula is C12H16N4O2S. The van der Waals surface area contributed by atoms with Gasteiger partial charge in [0, 0.05) is 30.9 Å². The number of thioether (sulfide) groups is 1. The molecule has 0 aliphatic heterocycles. The molecule has 7 heteroatoms. The molecule has 2 aromatic heterocycles. The molecule has 0 spiro atoms. The third kappa shape index (κ3) is 3.17. The van der Waals surface area contributed by atoms with E-state index in [1.807, 2.05) is 20.3 Å². The first kappa shape index (κ1) is 13.7. The third-order valence-electron chi connectivity index (χ3n) is 2.61. The molecule has 0 aliphatic rings. The van der Waals surface area contributed by atoms with Gasteiger partial charge in [-0.2, -0.15) is 10.2 Å². The van der Waals surface area contributed by atoms with E-state index in [1.165, 1.54) is 0 Å². The maximum atomic E-state index is 11.8. The minimum absolute atomic E-state index is 0.322. The van der Waals surface area contributed by atoms with Crippen LogP contribution in [0.25, 0.3) is 0 Å². The first-order valence-corrected chi connectivity index (χ1v) is 6.89. The van der Waals surface area contributed by atoms with Gasteiger partial charge in [0.25, 0.3) is 0 Å². The van der Waals surface area contributed by atoms with Crippen LogP contribution in [-0.2, 0) is 24.6 Å². The van der Waals surface area contributed by atoms with E-state index in [-0.39, 0.29) is 5.97 Å². The van der Waals surface area contributed by atoms with Crippen molar-refractivity contribution in [3.8, 4) is 0 Å². The average molecular weight is 280 g/mol. The molecule has 0 saturated heterocycles. The van der Waals surface area contributed by atoms with Crippen molar-refractivity contribution in [1.29, 1.82) is 0 Å². The quantitative estimate of drug-likeness (QED) is 0.615. The molecular weight excluding hydrogens is 264 g/mol. The van der Waals surface area contributed by atoms with Crippen LogP contribution in [0.1, 0.15) is 23.0 Å². The van der Waals surface area contributed by atoms with Crippen molar-refractivity contribution in [1.82, 2.24) is 19.6 Å². The molecule has 102 valence electrons. The van der Waals surface area contributed by atoms with Crippen LogP contribution in [0.15, 0.2) is 23.5 Å². The Balaban J connectivity index is 2.11. The van der Waals surface area contributed by atoms with Crippen molar-refractivity contribution in [3.63, 3.8) is 0 Å². The molecule has 19 heavy (non-hydrogen) atoms. The Morgan fingerprint density at radius 3 is 2.79 bits per heavy atom. The summed E-state index contributed by atoms with van der Waals surface area (Å²) in [5.74, 6) is 0.327. The number of aryl methyl sites for hydroxylation is 2. The number of carbonyl (C=O) groups is 1. The topological polar surface area (TPSA) is 61.9 Å². The van der Waals surface area contributed by atoms with Crippen molar-refractivity contribution in [2.45, 2.75) is 17.6 Å². The van der Waals surface area contributed by atoms with Crippen LogP contribution >= 0.6 is 11.8 Å². The predicted molar refractivity (Wildman–Crippen MR) is 71.9 cm³/mol. The number of hydrogen-bond donors (Lipinski definition) is 0. The number of nitrogens with zero attached hydrogens (tertiary/aromatic N) is 4. The van der Waals surface area contributed by atoms with Crippen LogP contribution in [-0.4, -0.2) is 32.1 Å². The van der Waals surface area contributed by atoms with Gasteiger partial charge in [-0.25, -0.2) is 4.79 Å². The zero-order chi connectivity index (χ0) is 13.8. The summed E-state index contributed by atoms with van der Waals surface area (Å²) in [6.45, 7) is 2.15. The molecule has 0 aromatic carbocycles. The summed E-state index contributed by atoms with van der Waals surface area (Å²) in [5, 5.41) is 8.23. The van der Waals surface area contributed by atoms with Gasteiger partial charge in [-0.05, 0) is 6.92 Å². The second kappa shape index (κ2) is 5.92. The van der Waals surface area contributed by atoms with Crippen LogP contribution in [0.3, 0.4) is 0 Å². The fourth-order valence-corrected chi connectivity index (χ4v) is 2.63. The van der Waals surface area contributed by atoms with Crippen LogP contribution in [0.5, 0.6) is 0 Å². The summed E-state index contributed by atoms with van der Waals surface area (Å²) in [4.78, 5) is 12.8. The van der Waals surface area contributed by atoms with Crippen LogP contribution < -0.4 is 0 Å². The smallest absolute Gasteiger partial charge is 0.341 e. The van der Waals surface area contributed by atoms with Crippen molar-refractivity contribution in [2.75, 3.05) is 6.61 Å². The highest BCUT2D eigenvalue weighted by Gasteiger charge is 2.17. The van der Waals surface area contributed by atoms with E-state index in [1.54, 1.807) is 40.4 Å². The summed E-state index contributed by atoms with van der Waals surface area (Å²) in [6, 6.07) is 0. The fourth-order valence-electron chi connectivity index (χ4n) is 1.64. The van der Waals surface area contributed by atoms with Crippen molar-refractivity contribution < 1.29 is 9.53 Å². The normalized spacial score (nSPS) is 10.7. The van der Waals surface area contributed by atoms with Gasteiger partial charge in [-0.1, -0.05) is 0 Å². The minimum Gasteiger partial charge on any atom is -0.462 e. The first-order chi connectivity index (χ1) is 9.11. The Hall–Kier alpha value is -1.76. The molecule has 6 nitrogen and oxygen atoms in total. The molecule has 2 aromatic rings. The highest BCUT2D eigenvalue weighted by molar-refractivity contribution is 7.98.